The van der Waals surface area contributed by atoms with Gasteiger partial charge in [-0.1, -0.05) is 11.6 Å². The lowest BCUT2D eigenvalue weighted by Gasteiger charge is -2.05. The van der Waals surface area contributed by atoms with Crippen LogP contribution < -0.4 is 4.74 Å². The van der Waals surface area contributed by atoms with Gasteiger partial charge in [0.05, 0.1) is 17.9 Å². The van der Waals surface area contributed by atoms with E-state index < -0.39 is 0 Å². The van der Waals surface area contributed by atoms with E-state index in [0.717, 1.165) is 12.8 Å². The summed E-state index contributed by atoms with van der Waals surface area (Å²) in [6.45, 7) is 0. The Labute approximate surface area is 80.9 Å². The van der Waals surface area contributed by atoms with E-state index in [1.807, 2.05) is 6.07 Å². The van der Waals surface area contributed by atoms with Gasteiger partial charge in [-0.25, -0.2) is 0 Å². The van der Waals surface area contributed by atoms with Crippen LogP contribution in [0, 0.1) is 11.3 Å². The molecule has 66 valence electrons. The highest BCUT2D eigenvalue weighted by Gasteiger charge is 2.25. The Balaban J connectivity index is 2.28. The maximum atomic E-state index is 8.66. The standard InChI is InChI=1S/C9H7ClN2O/c10-9-6(3-11)4-12-5-8(9)13-7-1-2-7/h4-5,7H,1-2H2. The minimum atomic E-state index is 0.272. The molecule has 0 amide bonds. The molecule has 0 spiro atoms. The molecule has 0 saturated heterocycles. The van der Waals surface area contributed by atoms with Crippen molar-refractivity contribution in [3.63, 3.8) is 0 Å². The summed E-state index contributed by atoms with van der Waals surface area (Å²) in [6.07, 6.45) is 5.37. The van der Waals surface area contributed by atoms with Crippen molar-refractivity contribution >= 4 is 11.6 Å². The summed E-state index contributed by atoms with van der Waals surface area (Å²) in [7, 11) is 0. The van der Waals surface area contributed by atoms with Gasteiger partial charge in [0.2, 0.25) is 0 Å². The molecule has 2 rings (SSSR count). The second kappa shape index (κ2) is 3.23. The van der Waals surface area contributed by atoms with Crippen molar-refractivity contribution in [1.82, 2.24) is 4.98 Å². The van der Waals surface area contributed by atoms with Crippen LogP contribution in [-0.4, -0.2) is 11.1 Å². The fourth-order valence-corrected chi connectivity index (χ4v) is 1.14. The van der Waals surface area contributed by atoms with E-state index >= 15 is 0 Å². The third-order valence-corrected chi connectivity index (χ3v) is 2.18. The van der Waals surface area contributed by atoms with Crippen LogP contribution in [0.1, 0.15) is 18.4 Å². The molecule has 13 heavy (non-hydrogen) atoms. The average molecular weight is 195 g/mol. The Kier molecular flexibility index (Phi) is 2.07. The molecule has 1 aliphatic rings. The van der Waals surface area contributed by atoms with Gasteiger partial charge < -0.3 is 4.74 Å². The van der Waals surface area contributed by atoms with Crippen molar-refractivity contribution in [3.05, 3.63) is 23.0 Å². The van der Waals surface area contributed by atoms with Crippen molar-refractivity contribution in [2.24, 2.45) is 0 Å². The SMILES string of the molecule is N#Cc1cncc(OC2CC2)c1Cl. The average Bonchev–Trinajstić information content (AvgIpc) is 2.92. The normalized spacial score (nSPS) is 15.1. The summed E-state index contributed by atoms with van der Waals surface area (Å²) < 4.78 is 5.45. The zero-order chi connectivity index (χ0) is 9.26. The maximum Gasteiger partial charge on any atom is 0.157 e. The third kappa shape index (κ3) is 1.73. The molecule has 0 N–H and O–H groups in total. The maximum absolute atomic E-state index is 8.66. The summed E-state index contributed by atoms with van der Waals surface area (Å²) in [5.74, 6) is 0.517. The molecule has 0 radical (unpaired) electrons. The lowest BCUT2D eigenvalue weighted by Crippen LogP contribution is -1.98. The number of nitriles is 1. The summed E-state index contributed by atoms with van der Waals surface area (Å²) in [4.78, 5) is 3.87. The monoisotopic (exact) mass is 194 g/mol. The van der Waals surface area contributed by atoms with E-state index in [1.165, 1.54) is 6.20 Å². The molecule has 1 fully saturated rings. The quantitative estimate of drug-likeness (QED) is 0.725. The molecule has 0 atom stereocenters. The smallest absolute Gasteiger partial charge is 0.157 e. The van der Waals surface area contributed by atoms with Crippen molar-refractivity contribution in [2.45, 2.75) is 18.9 Å². The predicted molar refractivity (Wildman–Crippen MR) is 47.6 cm³/mol. The highest BCUT2D eigenvalue weighted by molar-refractivity contribution is 6.33. The lowest BCUT2D eigenvalue weighted by atomic mass is 10.3. The first-order chi connectivity index (χ1) is 6.31. The number of halogens is 1. The predicted octanol–water partition coefficient (Wildman–Crippen LogP) is 2.15. The Bertz CT molecular complexity index is 368. The van der Waals surface area contributed by atoms with Gasteiger partial charge in [-0.2, -0.15) is 5.26 Å². The minimum Gasteiger partial charge on any atom is -0.487 e. The molecule has 1 aliphatic carbocycles. The van der Waals surface area contributed by atoms with E-state index in [2.05, 4.69) is 4.98 Å². The number of nitrogens with zero attached hydrogens (tertiary/aromatic N) is 2. The number of pyridine rings is 1. The van der Waals surface area contributed by atoms with Gasteiger partial charge in [0, 0.05) is 6.20 Å². The van der Waals surface area contributed by atoms with Crippen LogP contribution in [-0.2, 0) is 0 Å². The summed E-state index contributed by atoms with van der Waals surface area (Å²) in [5, 5.41) is 9.03. The van der Waals surface area contributed by atoms with Gasteiger partial charge in [0.25, 0.3) is 0 Å². The molecular weight excluding hydrogens is 188 g/mol. The van der Waals surface area contributed by atoms with Crippen LogP contribution in [0.15, 0.2) is 12.4 Å². The highest BCUT2D eigenvalue weighted by Crippen LogP contribution is 2.32. The Morgan fingerprint density at radius 1 is 1.54 bits per heavy atom. The van der Waals surface area contributed by atoms with Gasteiger partial charge in [0.15, 0.2) is 5.75 Å². The largest absolute Gasteiger partial charge is 0.487 e. The minimum absolute atomic E-state index is 0.272. The van der Waals surface area contributed by atoms with Crippen LogP contribution in [0.25, 0.3) is 0 Å². The highest BCUT2D eigenvalue weighted by atomic mass is 35.5. The molecular formula is C9H7ClN2O. The van der Waals surface area contributed by atoms with Gasteiger partial charge in [-0.05, 0) is 12.8 Å². The second-order valence-corrected chi connectivity index (χ2v) is 3.31. The number of aromatic nitrogens is 1. The summed E-state index contributed by atoms with van der Waals surface area (Å²) >= 11 is 5.89. The first-order valence-corrected chi connectivity index (χ1v) is 4.39. The number of hydrogen-bond donors (Lipinski definition) is 0. The van der Waals surface area contributed by atoms with Crippen LogP contribution >= 0.6 is 11.6 Å². The fraction of sp³-hybridized carbons (Fsp3) is 0.333. The third-order valence-electron chi connectivity index (χ3n) is 1.79. The van der Waals surface area contributed by atoms with Crippen LogP contribution in [0.5, 0.6) is 5.75 Å². The van der Waals surface area contributed by atoms with Gasteiger partial charge in [-0.3, -0.25) is 4.98 Å². The van der Waals surface area contributed by atoms with Gasteiger partial charge in [0.1, 0.15) is 11.1 Å². The van der Waals surface area contributed by atoms with E-state index in [1.54, 1.807) is 6.20 Å². The van der Waals surface area contributed by atoms with E-state index in [-0.39, 0.29) is 6.10 Å². The Morgan fingerprint density at radius 3 is 2.92 bits per heavy atom. The second-order valence-electron chi connectivity index (χ2n) is 2.93. The van der Waals surface area contributed by atoms with Crippen LogP contribution in [0.2, 0.25) is 5.02 Å². The molecule has 1 aromatic rings. The molecule has 3 nitrogen and oxygen atoms in total. The zero-order valence-corrected chi connectivity index (χ0v) is 7.58. The first-order valence-electron chi connectivity index (χ1n) is 4.01. The van der Waals surface area contributed by atoms with Crippen molar-refractivity contribution in [3.8, 4) is 11.8 Å². The molecule has 0 aromatic carbocycles. The van der Waals surface area contributed by atoms with Crippen LogP contribution in [0.3, 0.4) is 0 Å². The Hall–Kier alpha value is -1.27. The zero-order valence-electron chi connectivity index (χ0n) is 6.83. The molecule has 1 heterocycles. The van der Waals surface area contributed by atoms with Crippen molar-refractivity contribution < 1.29 is 4.74 Å². The fourth-order valence-electron chi connectivity index (χ4n) is 0.951. The first kappa shape index (κ1) is 8.33. The molecule has 0 bridgehead atoms. The molecule has 4 heteroatoms. The number of hydrogen-bond acceptors (Lipinski definition) is 3. The molecule has 0 unspecified atom stereocenters. The van der Waals surface area contributed by atoms with E-state index in [4.69, 9.17) is 21.6 Å². The summed E-state index contributed by atoms with van der Waals surface area (Å²) in [5.41, 5.74) is 0.361. The molecule has 0 aliphatic heterocycles. The van der Waals surface area contributed by atoms with Gasteiger partial charge in [-0.15, -0.1) is 0 Å². The summed E-state index contributed by atoms with van der Waals surface area (Å²) in [6, 6.07) is 1.95. The Morgan fingerprint density at radius 2 is 2.31 bits per heavy atom. The van der Waals surface area contributed by atoms with Crippen LogP contribution in [0.4, 0.5) is 0 Å². The topological polar surface area (TPSA) is 45.9 Å². The molecule has 1 saturated carbocycles. The van der Waals surface area contributed by atoms with Gasteiger partial charge >= 0.3 is 0 Å². The number of rotatable bonds is 2. The lowest BCUT2D eigenvalue weighted by molar-refractivity contribution is 0.302. The van der Waals surface area contributed by atoms with Crippen molar-refractivity contribution in [2.75, 3.05) is 0 Å². The van der Waals surface area contributed by atoms with E-state index in [9.17, 15) is 0 Å². The molecule has 1 aromatic heterocycles. The number of ether oxygens (including phenoxy) is 1. The van der Waals surface area contributed by atoms with Crippen molar-refractivity contribution in [1.29, 1.82) is 5.26 Å². The van der Waals surface area contributed by atoms with E-state index in [0.29, 0.717) is 16.3 Å².